The van der Waals surface area contributed by atoms with Gasteiger partial charge in [0.05, 0.1) is 0 Å². The average molecular weight is 330 g/mol. The van der Waals surface area contributed by atoms with E-state index in [4.69, 9.17) is 0 Å². The number of rotatable bonds is 4. The maximum absolute atomic E-state index is 12.7. The molecule has 1 aliphatic rings. The predicted octanol–water partition coefficient (Wildman–Crippen LogP) is 2.84. The van der Waals surface area contributed by atoms with Gasteiger partial charge in [-0.05, 0) is 42.7 Å². The predicted molar refractivity (Wildman–Crippen MR) is 92.8 cm³/mol. The summed E-state index contributed by atoms with van der Waals surface area (Å²) in [4.78, 5) is 14.6. The Morgan fingerprint density at radius 2 is 1.87 bits per heavy atom. The minimum absolute atomic E-state index is 0.0830. The molecule has 0 aliphatic carbocycles. The van der Waals surface area contributed by atoms with Gasteiger partial charge in [-0.25, -0.2) is 0 Å². The molecular weight excluding hydrogens is 308 g/mol. The van der Waals surface area contributed by atoms with Crippen LogP contribution in [-0.2, 0) is 16.6 Å². The van der Waals surface area contributed by atoms with Gasteiger partial charge in [0.25, 0.3) is 5.91 Å². The van der Waals surface area contributed by atoms with E-state index in [0.717, 1.165) is 31.5 Å². The molecule has 1 aromatic heterocycles. The standard InChI is InChI=1S/C18H22N2O2S/c1-23(22)14-15-5-4-6-16(13-15)18(21)20-11-7-17(8-12-20)19-9-2-3-10-19/h2-6,9-10,13,17H,7-8,11-12,14H2,1H3/t23-/m0/s1. The van der Waals surface area contributed by atoms with E-state index in [1.165, 1.54) is 0 Å². The van der Waals surface area contributed by atoms with Gasteiger partial charge in [0.2, 0.25) is 0 Å². The van der Waals surface area contributed by atoms with E-state index in [1.54, 1.807) is 6.26 Å². The first-order chi connectivity index (χ1) is 11.1. The molecule has 2 heterocycles. The fourth-order valence-electron chi connectivity index (χ4n) is 3.17. The Labute approximate surface area is 139 Å². The molecule has 1 fully saturated rings. The fourth-order valence-corrected chi connectivity index (χ4v) is 3.82. The third kappa shape index (κ3) is 3.91. The zero-order valence-electron chi connectivity index (χ0n) is 13.4. The van der Waals surface area contributed by atoms with Crippen molar-refractivity contribution >= 4 is 16.7 Å². The summed E-state index contributed by atoms with van der Waals surface area (Å²) >= 11 is 0. The van der Waals surface area contributed by atoms with E-state index in [2.05, 4.69) is 17.0 Å². The lowest BCUT2D eigenvalue weighted by Gasteiger charge is -2.33. The van der Waals surface area contributed by atoms with Gasteiger partial charge < -0.3 is 9.47 Å². The van der Waals surface area contributed by atoms with E-state index >= 15 is 0 Å². The van der Waals surface area contributed by atoms with Crippen molar-refractivity contribution < 1.29 is 9.00 Å². The van der Waals surface area contributed by atoms with Gasteiger partial charge in [0.15, 0.2) is 0 Å². The summed E-state index contributed by atoms with van der Waals surface area (Å²) in [5.74, 6) is 0.580. The third-order valence-corrected chi connectivity index (χ3v) is 5.08. The molecule has 4 nitrogen and oxygen atoms in total. The van der Waals surface area contributed by atoms with Gasteiger partial charge in [-0.3, -0.25) is 9.00 Å². The van der Waals surface area contributed by atoms with Gasteiger partial charge in [-0.1, -0.05) is 12.1 Å². The first-order valence-corrected chi connectivity index (χ1v) is 9.67. The Morgan fingerprint density at radius 3 is 2.52 bits per heavy atom. The quantitative estimate of drug-likeness (QED) is 0.865. The van der Waals surface area contributed by atoms with Crippen LogP contribution in [0.5, 0.6) is 0 Å². The van der Waals surface area contributed by atoms with Crippen LogP contribution in [0.1, 0.15) is 34.8 Å². The number of hydrogen-bond donors (Lipinski definition) is 0. The SMILES string of the molecule is C[S@](=O)Cc1cccc(C(=O)N2CCC(n3cccc3)CC2)c1. The molecule has 1 amide bonds. The van der Waals surface area contributed by atoms with Crippen molar-refractivity contribution in [3.8, 4) is 0 Å². The molecule has 0 N–H and O–H groups in total. The van der Waals surface area contributed by atoms with Crippen molar-refractivity contribution in [3.63, 3.8) is 0 Å². The Bertz CT molecular complexity index is 689. The highest BCUT2D eigenvalue weighted by atomic mass is 32.2. The van der Waals surface area contributed by atoms with E-state index in [9.17, 15) is 9.00 Å². The fraction of sp³-hybridized carbons (Fsp3) is 0.389. The molecule has 122 valence electrons. The van der Waals surface area contributed by atoms with Crippen LogP contribution in [0.2, 0.25) is 0 Å². The second-order valence-corrected chi connectivity index (χ2v) is 7.51. The first-order valence-electron chi connectivity index (χ1n) is 7.94. The summed E-state index contributed by atoms with van der Waals surface area (Å²) in [5, 5.41) is 0. The van der Waals surface area contributed by atoms with Gasteiger partial charge in [-0.15, -0.1) is 0 Å². The minimum Gasteiger partial charge on any atom is -0.351 e. The molecule has 1 aliphatic heterocycles. The lowest BCUT2D eigenvalue weighted by molar-refractivity contribution is 0.0694. The third-order valence-electron chi connectivity index (χ3n) is 4.34. The topological polar surface area (TPSA) is 42.3 Å². The Morgan fingerprint density at radius 1 is 1.17 bits per heavy atom. The zero-order chi connectivity index (χ0) is 16.2. The average Bonchev–Trinajstić information content (AvgIpc) is 3.08. The van der Waals surface area contributed by atoms with Gasteiger partial charge in [-0.2, -0.15) is 0 Å². The van der Waals surface area contributed by atoms with E-state index in [0.29, 0.717) is 17.4 Å². The van der Waals surface area contributed by atoms with Crippen molar-refractivity contribution in [1.82, 2.24) is 9.47 Å². The number of piperidine rings is 1. The highest BCUT2D eigenvalue weighted by Gasteiger charge is 2.24. The zero-order valence-corrected chi connectivity index (χ0v) is 14.2. The first kappa shape index (κ1) is 16.0. The summed E-state index contributed by atoms with van der Waals surface area (Å²) in [6.45, 7) is 1.57. The lowest BCUT2D eigenvalue weighted by atomic mass is 10.0. The molecule has 3 rings (SSSR count). The number of nitrogens with zero attached hydrogens (tertiary/aromatic N) is 2. The summed E-state index contributed by atoms with van der Waals surface area (Å²) < 4.78 is 13.6. The molecule has 0 bridgehead atoms. The molecule has 1 aromatic carbocycles. The van der Waals surface area contributed by atoms with E-state index in [-0.39, 0.29) is 5.91 Å². The van der Waals surface area contributed by atoms with Crippen LogP contribution in [0.3, 0.4) is 0 Å². The molecule has 0 unspecified atom stereocenters. The summed E-state index contributed by atoms with van der Waals surface area (Å²) in [6.07, 6.45) is 7.84. The molecule has 1 atom stereocenters. The second-order valence-electron chi connectivity index (χ2n) is 6.07. The number of carbonyl (C=O) groups excluding carboxylic acids is 1. The number of hydrogen-bond acceptors (Lipinski definition) is 2. The Hall–Kier alpha value is -1.88. The van der Waals surface area contributed by atoms with Gasteiger partial charge in [0, 0.05) is 59.9 Å². The number of likely N-dealkylation sites (tertiary alicyclic amines) is 1. The molecule has 5 heteroatoms. The molecule has 0 saturated carbocycles. The van der Waals surface area contributed by atoms with Gasteiger partial charge >= 0.3 is 0 Å². The van der Waals surface area contributed by atoms with Crippen LogP contribution < -0.4 is 0 Å². The number of carbonyl (C=O) groups is 1. The molecule has 23 heavy (non-hydrogen) atoms. The molecule has 0 radical (unpaired) electrons. The van der Waals surface area contributed by atoms with Crippen molar-refractivity contribution in [3.05, 3.63) is 59.9 Å². The molecule has 0 spiro atoms. The Kier molecular flexibility index (Phi) is 4.96. The number of benzene rings is 1. The van der Waals surface area contributed by atoms with Crippen molar-refractivity contribution in [2.45, 2.75) is 24.6 Å². The normalized spacial score (nSPS) is 17.2. The smallest absolute Gasteiger partial charge is 0.253 e. The lowest BCUT2D eigenvalue weighted by Crippen LogP contribution is -2.38. The number of amides is 1. The van der Waals surface area contributed by atoms with Crippen LogP contribution in [0.25, 0.3) is 0 Å². The van der Waals surface area contributed by atoms with Crippen molar-refractivity contribution in [2.24, 2.45) is 0 Å². The van der Waals surface area contributed by atoms with E-state index < -0.39 is 10.8 Å². The minimum atomic E-state index is -0.892. The maximum atomic E-state index is 12.7. The highest BCUT2D eigenvalue weighted by molar-refractivity contribution is 7.83. The van der Waals surface area contributed by atoms with Crippen LogP contribution in [0, 0.1) is 0 Å². The van der Waals surface area contributed by atoms with Crippen LogP contribution in [0.15, 0.2) is 48.8 Å². The van der Waals surface area contributed by atoms with Crippen molar-refractivity contribution in [2.75, 3.05) is 19.3 Å². The molecule has 1 saturated heterocycles. The summed E-state index contributed by atoms with van der Waals surface area (Å²) in [7, 11) is -0.892. The maximum Gasteiger partial charge on any atom is 0.253 e. The molecular formula is C18H22N2O2S. The largest absolute Gasteiger partial charge is 0.351 e. The van der Waals surface area contributed by atoms with Gasteiger partial charge in [0.1, 0.15) is 0 Å². The summed E-state index contributed by atoms with van der Waals surface area (Å²) in [5.41, 5.74) is 1.66. The van der Waals surface area contributed by atoms with Crippen LogP contribution in [0.4, 0.5) is 0 Å². The van der Waals surface area contributed by atoms with E-state index in [1.807, 2.05) is 41.3 Å². The molecule has 2 aromatic rings. The monoisotopic (exact) mass is 330 g/mol. The van der Waals surface area contributed by atoms with Crippen LogP contribution >= 0.6 is 0 Å². The van der Waals surface area contributed by atoms with Crippen molar-refractivity contribution in [1.29, 1.82) is 0 Å². The highest BCUT2D eigenvalue weighted by Crippen LogP contribution is 2.23. The second kappa shape index (κ2) is 7.13. The summed E-state index contributed by atoms with van der Waals surface area (Å²) in [6, 6.07) is 12.1. The van der Waals surface area contributed by atoms with Crippen LogP contribution in [-0.4, -0.2) is 38.9 Å². The Balaban J connectivity index is 1.64. The number of aromatic nitrogens is 1.